The zero-order valence-electron chi connectivity index (χ0n) is 12.1. The van der Waals surface area contributed by atoms with Gasteiger partial charge in [-0.1, -0.05) is 32.9 Å². The van der Waals surface area contributed by atoms with Crippen LogP contribution in [0.25, 0.3) is 0 Å². The molecule has 0 saturated carbocycles. The van der Waals surface area contributed by atoms with Gasteiger partial charge in [-0.2, -0.15) is 0 Å². The van der Waals surface area contributed by atoms with Crippen LogP contribution >= 0.6 is 0 Å². The molecule has 4 heteroatoms. The summed E-state index contributed by atoms with van der Waals surface area (Å²) in [6, 6.07) is 7.99. The van der Waals surface area contributed by atoms with Crippen LogP contribution in [0.2, 0.25) is 0 Å². The first-order valence-electron chi connectivity index (χ1n) is 6.92. The molecule has 0 fully saturated rings. The van der Waals surface area contributed by atoms with Crippen LogP contribution in [0, 0.1) is 5.92 Å². The van der Waals surface area contributed by atoms with Crippen LogP contribution < -0.4 is 11.1 Å². The van der Waals surface area contributed by atoms with E-state index in [1.165, 1.54) is 5.56 Å². The fraction of sp³-hybridized carbons (Fsp3) is 0.533. The van der Waals surface area contributed by atoms with Gasteiger partial charge in [0.05, 0.1) is 0 Å². The molecular formula is C15H25N3O. The third-order valence-corrected chi connectivity index (χ3v) is 3.30. The van der Waals surface area contributed by atoms with Crippen molar-refractivity contribution in [3.63, 3.8) is 0 Å². The molecule has 1 atom stereocenters. The number of hydrogen-bond donors (Lipinski definition) is 2. The molecule has 0 bridgehead atoms. The number of rotatable bonds is 7. The third-order valence-electron chi connectivity index (χ3n) is 3.30. The topological polar surface area (TPSA) is 58.4 Å². The van der Waals surface area contributed by atoms with E-state index in [1.807, 2.05) is 25.1 Å². The second kappa shape index (κ2) is 7.92. The summed E-state index contributed by atoms with van der Waals surface area (Å²) in [6.45, 7) is 9.45. The molecule has 1 rings (SSSR count). The van der Waals surface area contributed by atoms with Crippen LogP contribution in [0.1, 0.15) is 26.3 Å². The van der Waals surface area contributed by atoms with E-state index in [4.69, 9.17) is 5.73 Å². The Morgan fingerprint density at radius 3 is 2.63 bits per heavy atom. The van der Waals surface area contributed by atoms with Crippen molar-refractivity contribution in [3.05, 3.63) is 29.8 Å². The molecule has 19 heavy (non-hydrogen) atoms. The van der Waals surface area contributed by atoms with Gasteiger partial charge in [0.2, 0.25) is 5.91 Å². The summed E-state index contributed by atoms with van der Waals surface area (Å²) >= 11 is 0. The van der Waals surface area contributed by atoms with E-state index in [2.05, 4.69) is 30.1 Å². The van der Waals surface area contributed by atoms with Gasteiger partial charge >= 0.3 is 0 Å². The highest BCUT2D eigenvalue weighted by Gasteiger charge is 2.11. The van der Waals surface area contributed by atoms with E-state index in [-0.39, 0.29) is 11.8 Å². The molecule has 0 heterocycles. The first-order valence-corrected chi connectivity index (χ1v) is 6.92. The molecular weight excluding hydrogens is 238 g/mol. The maximum Gasteiger partial charge on any atom is 0.228 e. The number of benzene rings is 1. The fourth-order valence-electron chi connectivity index (χ4n) is 1.83. The van der Waals surface area contributed by atoms with Gasteiger partial charge in [-0.25, -0.2) is 0 Å². The van der Waals surface area contributed by atoms with E-state index < -0.39 is 0 Å². The number of anilines is 1. The zero-order valence-corrected chi connectivity index (χ0v) is 12.1. The second-order valence-corrected chi connectivity index (χ2v) is 4.79. The van der Waals surface area contributed by atoms with Gasteiger partial charge in [0.15, 0.2) is 0 Å². The number of nitrogens with zero attached hydrogens (tertiary/aromatic N) is 1. The fourth-order valence-corrected chi connectivity index (χ4v) is 1.83. The summed E-state index contributed by atoms with van der Waals surface area (Å²) in [6.07, 6.45) is 0. The van der Waals surface area contributed by atoms with Crippen molar-refractivity contribution in [1.29, 1.82) is 0 Å². The molecule has 0 aliphatic carbocycles. The van der Waals surface area contributed by atoms with Gasteiger partial charge in [0.25, 0.3) is 0 Å². The largest absolute Gasteiger partial charge is 0.330 e. The van der Waals surface area contributed by atoms with Crippen LogP contribution in [0.15, 0.2) is 24.3 Å². The van der Waals surface area contributed by atoms with Gasteiger partial charge in [-0.3, -0.25) is 9.69 Å². The molecule has 0 spiro atoms. The molecule has 1 aromatic rings. The van der Waals surface area contributed by atoms with Crippen LogP contribution in [0.4, 0.5) is 5.69 Å². The first-order chi connectivity index (χ1) is 9.10. The van der Waals surface area contributed by atoms with Crippen LogP contribution in [-0.4, -0.2) is 30.4 Å². The van der Waals surface area contributed by atoms with Crippen molar-refractivity contribution >= 4 is 11.6 Å². The number of carbonyl (C=O) groups is 1. The minimum Gasteiger partial charge on any atom is -0.330 e. The van der Waals surface area contributed by atoms with Crippen LogP contribution in [0.3, 0.4) is 0 Å². The van der Waals surface area contributed by atoms with E-state index in [9.17, 15) is 4.79 Å². The van der Waals surface area contributed by atoms with Gasteiger partial charge in [0.1, 0.15) is 0 Å². The first kappa shape index (κ1) is 15.7. The maximum absolute atomic E-state index is 11.8. The Hall–Kier alpha value is -1.39. The number of hydrogen-bond acceptors (Lipinski definition) is 3. The molecule has 0 aliphatic heterocycles. The zero-order chi connectivity index (χ0) is 14.3. The lowest BCUT2D eigenvalue weighted by Gasteiger charge is -2.18. The summed E-state index contributed by atoms with van der Waals surface area (Å²) in [5.74, 6) is -0.186. The number of carbonyl (C=O) groups excluding carboxylic acids is 1. The molecule has 1 amide bonds. The van der Waals surface area contributed by atoms with Crippen molar-refractivity contribution in [1.82, 2.24) is 4.90 Å². The van der Waals surface area contributed by atoms with Crippen molar-refractivity contribution in [2.45, 2.75) is 27.3 Å². The normalized spacial score (nSPS) is 12.5. The highest BCUT2D eigenvalue weighted by Crippen LogP contribution is 2.13. The Bertz CT molecular complexity index is 402. The van der Waals surface area contributed by atoms with Gasteiger partial charge < -0.3 is 11.1 Å². The quantitative estimate of drug-likeness (QED) is 0.791. The SMILES string of the molecule is CCN(CC)Cc1cccc(NC(=O)C(C)CN)c1. The summed E-state index contributed by atoms with van der Waals surface area (Å²) in [5.41, 5.74) is 7.54. The molecule has 1 unspecified atom stereocenters. The average Bonchev–Trinajstić information content (AvgIpc) is 2.44. The Labute approximate surface area is 116 Å². The third kappa shape index (κ3) is 5.01. The van der Waals surface area contributed by atoms with E-state index in [0.29, 0.717) is 6.54 Å². The second-order valence-electron chi connectivity index (χ2n) is 4.79. The van der Waals surface area contributed by atoms with Crippen LogP contribution in [-0.2, 0) is 11.3 Å². The Morgan fingerprint density at radius 2 is 2.05 bits per heavy atom. The Morgan fingerprint density at radius 1 is 1.37 bits per heavy atom. The van der Waals surface area contributed by atoms with E-state index in [1.54, 1.807) is 0 Å². The predicted molar refractivity (Wildman–Crippen MR) is 79.9 cm³/mol. The summed E-state index contributed by atoms with van der Waals surface area (Å²) < 4.78 is 0. The summed E-state index contributed by atoms with van der Waals surface area (Å²) in [7, 11) is 0. The summed E-state index contributed by atoms with van der Waals surface area (Å²) in [4.78, 5) is 14.1. The number of nitrogens with one attached hydrogen (secondary N) is 1. The minimum absolute atomic E-state index is 0.0255. The van der Waals surface area contributed by atoms with Crippen molar-refractivity contribution < 1.29 is 4.79 Å². The van der Waals surface area contributed by atoms with E-state index in [0.717, 1.165) is 25.3 Å². The molecule has 106 valence electrons. The number of nitrogens with two attached hydrogens (primary N) is 1. The van der Waals surface area contributed by atoms with Crippen molar-refractivity contribution in [3.8, 4) is 0 Å². The Balaban J connectivity index is 2.69. The summed E-state index contributed by atoms with van der Waals surface area (Å²) in [5, 5.41) is 2.90. The lowest BCUT2D eigenvalue weighted by molar-refractivity contribution is -0.119. The maximum atomic E-state index is 11.8. The molecule has 4 nitrogen and oxygen atoms in total. The van der Waals surface area contributed by atoms with Crippen LogP contribution in [0.5, 0.6) is 0 Å². The number of amides is 1. The highest BCUT2D eigenvalue weighted by molar-refractivity contribution is 5.92. The van der Waals surface area contributed by atoms with Crippen molar-refractivity contribution in [2.24, 2.45) is 11.7 Å². The molecule has 3 N–H and O–H groups in total. The smallest absolute Gasteiger partial charge is 0.228 e. The standard InChI is InChI=1S/C15H25N3O/c1-4-18(5-2)11-13-7-6-8-14(9-13)17-15(19)12(3)10-16/h6-9,12H,4-5,10-11,16H2,1-3H3,(H,17,19). The minimum atomic E-state index is -0.161. The van der Waals surface area contributed by atoms with Crippen molar-refractivity contribution in [2.75, 3.05) is 25.0 Å². The molecule has 0 radical (unpaired) electrons. The van der Waals surface area contributed by atoms with Gasteiger partial charge in [0, 0.05) is 24.7 Å². The highest BCUT2D eigenvalue weighted by atomic mass is 16.1. The molecule has 0 aliphatic rings. The van der Waals surface area contributed by atoms with E-state index >= 15 is 0 Å². The lowest BCUT2D eigenvalue weighted by Crippen LogP contribution is -2.26. The Kier molecular flexibility index (Phi) is 6.53. The molecule has 0 saturated heterocycles. The average molecular weight is 263 g/mol. The monoisotopic (exact) mass is 263 g/mol. The lowest BCUT2D eigenvalue weighted by atomic mass is 10.1. The molecule has 0 aromatic heterocycles. The van der Waals surface area contributed by atoms with Gasteiger partial charge in [-0.15, -0.1) is 0 Å². The predicted octanol–water partition coefficient (Wildman–Crippen LogP) is 2.06. The molecule has 1 aromatic carbocycles. The van der Waals surface area contributed by atoms with Gasteiger partial charge in [-0.05, 0) is 30.8 Å².